The van der Waals surface area contributed by atoms with Crippen molar-refractivity contribution in [1.29, 1.82) is 0 Å². The number of amides is 1. The lowest BCUT2D eigenvalue weighted by molar-refractivity contribution is 0.0730. The van der Waals surface area contributed by atoms with Crippen LogP contribution >= 0.6 is 15.9 Å². The fourth-order valence-electron chi connectivity index (χ4n) is 2.50. The van der Waals surface area contributed by atoms with E-state index in [-0.39, 0.29) is 5.91 Å². The lowest BCUT2D eigenvalue weighted by atomic mass is 10.1. The number of carbonyl (C=O) groups is 1. The summed E-state index contributed by atoms with van der Waals surface area (Å²) in [6.45, 7) is 1.65. The second kappa shape index (κ2) is 5.29. The van der Waals surface area contributed by atoms with Crippen LogP contribution in [0, 0.1) is 0 Å². The topological polar surface area (TPSA) is 33.2 Å². The summed E-state index contributed by atoms with van der Waals surface area (Å²) in [4.78, 5) is 19.4. The Balaban J connectivity index is 1.93. The van der Waals surface area contributed by atoms with Crippen molar-refractivity contribution in [3.05, 3.63) is 42.1 Å². The first-order valence-corrected chi connectivity index (χ1v) is 7.44. The fourth-order valence-corrected chi connectivity index (χ4v) is 2.91. The van der Waals surface area contributed by atoms with Gasteiger partial charge in [-0.15, -0.1) is 0 Å². The average molecular weight is 319 g/mol. The molecule has 1 fully saturated rings. The highest BCUT2D eigenvalue weighted by Crippen LogP contribution is 2.22. The molecular formula is C15H15BrN2O. The number of para-hydroxylation sites is 1. The Labute approximate surface area is 120 Å². The molecule has 0 N–H and O–H groups in total. The van der Waals surface area contributed by atoms with Crippen LogP contribution in [-0.4, -0.2) is 33.7 Å². The van der Waals surface area contributed by atoms with Gasteiger partial charge in [0.2, 0.25) is 0 Å². The van der Waals surface area contributed by atoms with Crippen LogP contribution in [0.2, 0.25) is 0 Å². The highest BCUT2D eigenvalue weighted by atomic mass is 79.9. The van der Waals surface area contributed by atoms with Crippen molar-refractivity contribution < 1.29 is 4.79 Å². The molecule has 1 aliphatic rings. The number of aromatic nitrogens is 1. The zero-order valence-corrected chi connectivity index (χ0v) is 12.1. The maximum Gasteiger partial charge on any atom is 0.254 e. The van der Waals surface area contributed by atoms with Crippen molar-refractivity contribution in [2.45, 2.75) is 17.7 Å². The molecular weight excluding hydrogens is 304 g/mol. The molecule has 0 saturated carbocycles. The molecule has 0 spiro atoms. The van der Waals surface area contributed by atoms with Crippen molar-refractivity contribution in [3.8, 4) is 0 Å². The molecule has 1 amide bonds. The third-order valence-corrected chi connectivity index (χ3v) is 4.51. The first-order valence-electron chi connectivity index (χ1n) is 6.53. The molecule has 1 aromatic heterocycles. The molecule has 0 bridgehead atoms. The van der Waals surface area contributed by atoms with Crippen LogP contribution in [0.4, 0.5) is 0 Å². The summed E-state index contributed by atoms with van der Waals surface area (Å²) in [7, 11) is 0. The number of halogens is 1. The van der Waals surface area contributed by atoms with E-state index in [1.807, 2.05) is 35.2 Å². The van der Waals surface area contributed by atoms with Gasteiger partial charge in [0.05, 0.1) is 11.1 Å². The number of pyridine rings is 1. The standard InChI is InChI=1S/C15H15BrN2O/c16-11-6-9-18(10-7-11)15(19)13-5-8-17-14-4-2-1-3-12(13)14/h1-5,8,11H,6-7,9-10H2. The third kappa shape index (κ3) is 2.50. The van der Waals surface area contributed by atoms with Gasteiger partial charge in [-0.05, 0) is 25.0 Å². The van der Waals surface area contributed by atoms with Crippen LogP contribution in [0.1, 0.15) is 23.2 Å². The smallest absolute Gasteiger partial charge is 0.254 e. The summed E-state index contributed by atoms with van der Waals surface area (Å²) in [5, 5.41) is 0.941. The molecule has 0 aliphatic carbocycles. The number of nitrogens with zero attached hydrogens (tertiary/aromatic N) is 2. The molecule has 1 aliphatic heterocycles. The SMILES string of the molecule is O=C(c1ccnc2ccccc12)N1CCC(Br)CC1. The maximum absolute atomic E-state index is 12.6. The number of hydrogen-bond acceptors (Lipinski definition) is 2. The molecule has 1 saturated heterocycles. The van der Waals surface area contributed by atoms with Gasteiger partial charge in [-0.3, -0.25) is 9.78 Å². The molecule has 0 atom stereocenters. The normalized spacial score (nSPS) is 16.8. The zero-order valence-electron chi connectivity index (χ0n) is 10.6. The summed E-state index contributed by atoms with van der Waals surface area (Å²) in [5.74, 6) is 0.123. The summed E-state index contributed by atoms with van der Waals surface area (Å²) in [6, 6.07) is 9.62. The van der Waals surface area contributed by atoms with E-state index < -0.39 is 0 Å². The van der Waals surface area contributed by atoms with Crippen LogP contribution in [0.25, 0.3) is 10.9 Å². The number of alkyl halides is 1. The van der Waals surface area contributed by atoms with Crippen molar-refractivity contribution in [1.82, 2.24) is 9.88 Å². The lowest BCUT2D eigenvalue weighted by Crippen LogP contribution is -2.38. The molecule has 3 rings (SSSR count). The molecule has 98 valence electrons. The Morgan fingerprint density at radius 3 is 2.74 bits per heavy atom. The van der Waals surface area contributed by atoms with Crippen molar-refractivity contribution >= 4 is 32.7 Å². The van der Waals surface area contributed by atoms with Crippen LogP contribution in [0.3, 0.4) is 0 Å². The number of carbonyl (C=O) groups excluding carboxylic acids is 1. The summed E-state index contributed by atoms with van der Waals surface area (Å²) >= 11 is 3.61. The minimum absolute atomic E-state index is 0.123. The monoisotopic (exact) mass is 318 g/mol. The Bertz CT molecular complexity index is 601. The fraction of sp³-hybridized carbons (Fsp3) is 0.333. The predicted molar refractivity (Wildman–Crippen MR) is 79.6 cm³/mol. The Kier molecular flexibility index (Phi) is 3.51. The van der Waals surface area contributed by atoms with Crippen LogP contribution in [0.15, 0.2) is 36.5 Å². The van der Waals surface area contributed by atoms with Crippen LogP contribution < -0.4 is 0 Å². The van der Waals surface area contributed by atoms with E-state index in [1.165, 1.54) is 0 Å². The van der Waals surface area contributed by atoms with Crippen molar-refractivity contribution in [3.63, 3.8) is 0 Å². The third-order valence-electron chi connectivity index (χ3n) is 3.59. The zero-order chi connectivity index (χ0) is 13.2. The van der Waals surface area contributed by atoms with E-state index in [9.17, 15) is 4.79 Å². The minimum atomic E-state index is 0.123. The lowest BCUT2D eigenvalue weighted by Gasteiger charge is -2.29. The van der Waals surface area contributed by atoms with Gasteiger partial charge in [-0.1, -0.05) is 34.1 Å². The average Bonchev–Trinajstić information content (AvgIpc) is 2.47. The van der Waals surface area contributed by atoms with Gasteiger partial charge in [0.1, 0.15) is 0 Å². The van der Waals surface area contributed by atoms with Gasteiger partial charge in [0.25, 0.3) is 5.91 Å². The number of piperidine rings is 1. The quantitative estimate of drug-likeness (QED) is 0.756. The molecule has 19 heavy (non-hydrogen) atoms. The number of fused-ring (bicyclic) bond motifs is 1. The Hall–Kier alpha value is -1.42. The van der Waals surface area contributed by atoms with E-state index >= 15 is 0 Å². The molecule has 1 aromatic carbocycles. The number of hydrogen-bond donors (Lipinski definition) is 0. The van der Waals surface area contributed by atoms with E-state index in [2.05, 4.69) is 20.9 Å². The van der Waals surface area contributed by atoms with Gasteiger partial charge in [-0.25, -0.2) is 0 Å². The van der Waals surface area contributed by atoms with Gasteiger partial charge in [-0.2, -0.15) is 0 Å². The molecule has 2 heterocycles. The predicted octanol–water partition coefficient (Wildman–Crippen LogP) is 3.23. The number of likely N-dealkylation sites (tertiary alicyclic amines) is 1. The Morgan fingerprint density at radius 1 is 1.21 bits per heavy atom. The Morgan fingerprint density at radius 2 is 1.95 bits per heavy atom. The van der Waals surface area contributed by atoms with Crippen molar-refractivity contribution in [2.24, 2.45) is 0 Å². The summed E-state index contributed by atoms with van der Waals surface area (Å²) in [5.41, 5.74) is 1.64. The molecule has 0 radical (unpaired) electrons. The van der Waals surface area contributed by atoms with Gasteiger partial charge < -0.3 is 4.90 Å². The number of benzene rings is 1. The van der Waals surface area contributed by atoms with E-state index in [0.29, 0.717) is 4.83 Å². The second-order valence-corrected chi connectivity index (χ2v) is 6.14. The van der Waals surface area contributed by atoms with Crippen LogP contribution in [-0.2, 0) is 0 Å². The maximum atomic E-state index is 12.6. The first kappa shape index (κ1) is 12.6. The van der Waals surface area contributed by atoms with Gasteiger partial charge in [0, 0.05) is 29.5 Å². The van der Waals surface area contributed by atoms with Gasteiger partial charge in [0.15, 0.2) is 0 Å². The largest absolute Gasteiger partial charge is 0.339 e. The van der Waals surface area contributed by atoms with E-state index in [1.54, 1.807) is 6.20 Å². The highest BCUT2D eigenvalue weighted by Gasteiger charge is 2.23. The van der Waals surface area contributed by atoms with Gasteiger partial charge >= 0.3 is 0 Å². The molecule has 4 heteroatoms. The molecule has 3 nitrogen and oxygen atoms in total. The minimum Gasteiger partial charge on any atom is -0.339 e. The highest BCUT2D eigenvalue weighted by molar-refractivity contribution is 9.09. The van der Waals surface area contributed by atoms with E-state index in [4.69, 9.17) is 0 Å². The second-order valence-electron chi connectivity index (χ2n) is 4.84. The summed E-state index contributed by atoms with van der Waals surface area (Å²) < 4.78 is 0. The number of rotatable bonds is 1. The van der Waals surface area contributed by atoms with Crippen LogP contribution in [0.5, 0.6) is 0 Å². The first-order chi connectivity index (χ1) is 9.25. The molecule has 2 aromatic rings. The summed E-state index contributed by atoms with van der Waals surface area (Å²) in [6.07, 6.45) is 3.76. The molecule has 0 unspecified atom stereocenters. The van der Waals surface area contributed by atoms with Crippen molar-refractivity contribution in [2.75, 3.05) is 13.1 Å². The van der Waals surface area contributed by atoms with E-state index in [0.717, 1.165) is 42.4 Å².